The van der Waals surface area contributed by atoms with Crippen LogP contribution in [0.3, 0.4) is 0 Å². The summed E-state index contributed by atoms with van der Waals surface area (Å²) in [5.74, 6) is 3.70. The van der Waals surface area contributed by atoms with Crippen molar-refractivity contribution < 1.29 is 17.9 Å². The van der Waals surface area contributed by atoms with Crippen molar-refractivity contribution in [3.8, 4) is 18.1 Å². The number of carbonyl (C=O) groups excluding carboxylic acids is 1. The van der Waals surface area contributed by atoms with Gasteiger partial charge in [-0.05, 0) is 24.1 Å². The SMILES string of the molecule is C#CCN(CC(=O)N1CCN(Cc2ccc(OC)cc2)CC1)C1CCS(=O)(=O)C1. The Morgan fingerprint density at radius 3 is 2.48 bits per heavy atom. The van der Waals surface area contributed by atoms with E-state index in [-0.39, 0.29) is 30.0 Å². The Morgan fingerprint density at radius 2 is 1.93 bits per heavy atom. The third-order valence-electron chi connectivity index (χ3n) is 5.65. The summed E-state index contributed by atoms with van der Waals surface area (Å²) < 4.78 is 28.7. The van der Waals surface area contributed by atoms with Crippen LogP contribution in [0, 0.1) is 12.3 Å². The number of benzene rings is 1. The summed E-state index contributed by atoms with van der Waals surface area (Å²) in [5, 5.41) is 0. The number of hydrogen-bond acceptors (Lipinski definition) is 6. The van der Waals surface area contributed by atoms with Gasteiger partial charge in [0.25, 0.3) is 0 Å². The van der Waals surface area contributed by atoms with Crippen molar-refractivity contribution in [2.45, 2.75) is 19.0 Å². The lowest BCUT2D eigenvalue weighted by atomic mass is 10.2. The molecule has 1 aromatic carbocycles. The van der Waals surface area contributed by atoms with Crippen molar-refractivity contribution >= 4 is 15.7 Å². The van der Waals surface area contributed by atoms with Gasteiger partial charge in [-0.2, -0.15) is 0 Å². The van der Waals surface area contributed by atoms with Crippen LogP contribution in [0.2, 0.25) is 0 Å². The second-order valence-electron chi connectivity index (χ2n) is 7.67. The first-order valence-corrected chi connectivity index (χ1v) is 11.7. The van der Waals surface area contributed by atoms with Crippen LogP contribution in [0.25, 0.3) is 0 Å². The van der Waals surface area contributed by atoms with Gasteiger partial charge in [-0.1, -0.05) is 18.1 Å². The molecule has 2 aliphatic rings. The number of rotatable bonds is 7. The van der Waals surface area contributed by atoms with Crippen LogP contribution >= 0.6 is 0 Å². The highest BCUT2D eigenvalue weighted by Crippen LogP contribution is 2.18. The number of carbonyl (C=O) groups is 1. The normalized spacial score (nSPS) is 21.8. The van der Waals surface area contributed by atoms with Gasteiger partial charge in [0, 0.05) is 38.8 Å². The maximum absolute atomic E-state index is 12.8. The number of piperazine rings is 1. The molecule has 1 unspecified atom stereocenters. The highest BCUT2D eigenvalue weighted by Gasteiger charge is 2.33. The van der Waals surface area contributed by atoms with Crippen molar-refractivity contribution in [2.24, 2.45) is 0 Å². The number of terminal acetylenes is 1. The molecule has 0 saturated carbocycles. The van der Waals surface area contributed by atoms with E-state index in [1.54, 1.807) is 7.11 Å². The third kappa shape index (κ3) is 5.95. The predicted molar refractivity (Wildman–Crippen MR) is 112 cm³/mol. The summed E-state index contributed by atoms with van der Waals surface area (Å²) in [7, 11) is -1.36. The average Bonchev–Trinajstić information content (AvgIpc) is 3.08. The second kappa shape index (κ2) is 9.61. The quantitative estimate of drug-likeness (QED) is 0.598. The zero-order chi connectivity index (χ0) is 20.9. The molecule has 3 rings (SSSR count). The van der Waals surface area contributed by atoms with E-state index < -0.39 is 9.84 Å². The molecule has 0 bridgehead atoms. The standard InChI is InChI=1S/C21H29N3O4S/c1-3-9-24(19-8-14-29(26,27)17-19)16-21(25)23-12-10-22(11-13-23)15-18-4-6-20(28-2)7-5-18/h1,4-7,19H,8-17H2,2H3. The molecule has 0 radical (unpaired) electrons. The van der Waals surface area contributed by atoms with E-state index in [2.05, 4.69) is 23.0 Å². The molecule has 158 valence electrons. The zero-order valence-corrected chi connectivity index (χ0v) is 17.7. The van der Waals surface area contributed by atoms with E-state index in [9.17, 15) is 13.2 Å². The molecule has 1 aromatic rings. The molecule has 29 heavy (non-hydrogen) atoms. The van der Waals surface area contributed by atoms with Crippen molar-refractivity contribution in [1.29, 1.82) is 0 Å². The lowest BCUT2D eigenvalue weighted by Gasteiger charge is -2.36. The van der Waals surface area contributed by atoms with Gasteiger partial charge >= 0.3 is 0 Å². The van der Waals surface area contributed by atoms with Crippen LogP contribution in [0.5, 0.6) is 5.75 Å². The first kappa shape index (κ1) is 21.6. The number of methoxy groups -OCH3 is 1. The number of amides is 1. The molecule has 2 aliphatic heterocycles. The van der Waals surface area contributed by atoms with Crippen molar-refractivity contribution in [3.63, 3.8) is 0 Å². The predicted octanol–water partition coefficient (Wildman–Crippen LogP) is 0.462. The van der Waals surface area contributed by atoms with E-state index >= 15 is 0 Å². The fraction of sp³-hybridized carbons (Fsp3) is 0.571. The van der Waals surface area contributed by atoms with Gasteiger partial charge in [0.1, 0.15) is 5.75 Å². The third-order valence-corrected chi connectivity index (χ3v) is 7.40. The highest BCUT2D eigenvalue weighted by molar-refractivity contribution is 7.91. The Hall–Kier alpha value is -2.08. The fourth-order valence-corrected chi connectivity index (χ4v) is 5.67. The Labute approximate surface area is 173 Å². The first-order chi connectivity index (χ1) is 13.9. The smallest absolute Gasteiger partial charge is 0.236 e. The molecule has 0 aliphatic carbocycles. The molecule has 2 saturated heterocycles. The molecule has 0 N–H and O–H groups in total. The maximum atomic E-state index is 12.8. The number of nitrogens with zero attached hydrogens (tertiary/aromatic N) is 3. The minimum absolute atomic E-state index is 0.0219. The summed E-state index contributed by atoms with van der Waals surface area (Å²) in [6.45, 7) is 4.28. The van der Waals surface area contributed by atoms with Crippen LogP contribution in [0.4, 0.5) is 0 Å². The molecule has 0 aromatic heterocycles. The number of hydrogen-bond donors (Lipinski definition) is 0. The minimum atomic E-state index is -3.01. The van der Waals surface area contributed by atoms with E-state index in [0.29, 0.717) is 26.1 Å². The van der Waals surface area contributed by atoms with Gasteiger partial charge in [0.05, 0.1) is 31.7 Å². The largest absolute Gasteiger partial charge is 0.497 e. The summed E-state index contributed by atoms with van der Waals surface area (Å²) in [6, 6.07) is 7.88. The summed E-state index contributed by atoms with van der Waals surface area (Å²) in [5.41, 5.74) is 1.22. The van der Waals surface area contributed by atoms with Crippen LogP contribution < -0.4 is 4.74 Å². The Morgan fingerprint density at radius 1 is 1.24 bits per heavy atom. The van der Waals surface area contributed by atoms with Gasteiger partial charge in [-0.15, -0.1) is 6.42 Å². The Balaban J connectivity index is 1.49. The van der Waals surface area contributed by atoms with Crippen LogP contribution in [-0.2, 0) is 21.2 Å². The highest BCUT2D eigenvalue weighted by atomic mass is 32.2. The molecule has 0 spiro atoms. The Bertz CT molecular complexity index is 840. The number of sulfone groups is 1. The first-order valence-electron chi connectivity index (χ1n) is 9.91. The van der Waals surface area contributed by atoms with Crippen molar-refractivity contribution in [2.75, 3.05) is 57.9 Å². The van der Waals surface area contributed by atoms with Gasteiger partial charge < -0.3 is 9.64 Å². The van der Waals surface area contributed by atoms with Crippen LogP contribution in [0.1, 0.15) is 12.0 Å². The lowest BCUT2D eigenvalue weighted by molar-refractivity contribution is -0.134. The summed E-state index contributed by atoms with van der Waals surface area (Å²) in [4.78, 5) is 18.8. The van der Waals surface area contributed by atoms with E-state index in [1.165, 1.54) is 5.56 Å². The Kier molecular flexibility index (Phi) is 7.17. The van der Waals surface area contributed by atoms with Crippen molar-refractivity contribution in [3.05, 3.63) is 29.8 Å². The molecular weight excluding hydrogens is 390 g/mol. The van der Waals surface area contributed by atoms with Crippen molar-refractivity contribution in [1.82, 2.24) is 14.7 Å². The fourth-order valence-electron chi connectivity index (χ4n) is 3.91. The van der Waals surface area contributed by atoms with Gasteiger partial charge in [-0.25, -0.2) is 8.42 Å². The zero-order valence-electron chi connectivity index (χ0n) is 16.9. The lowest BCUT2D eigenvalue weighted by Crippen LogP contribution is -2.52. The van der Waals surface area contributed by atoms with E-state index in [0.717, 1.165) is 25.4 Å². The molecule has 7 nitrogen and oxygen atoms in total. The van der Waals surface area contributed by atoms with Crippen LogP contribution in [-0.4, -0.2) is 93.0 Å². The average molecular weight is 420 g/mol. The monoisotopic (exact) mass is 419 g/mol. The summed E-state index contributed by atoms with van der Waals surface area (Å²) >= 11 is 0. The van der Waals surface area contributed by atoms with Crippen LogP contribution in [0.15, 0.2) is 24.3 Å². The molecule has 2 fully saturated rings. The molecule has 2 heterocycles. The molecule has 1 amide bonds. The van der Waals surface area contributed by atoms with Gasteiger partial charge in [0.15, 0.2) is 9.84 Å². The topological polar surface area (TPSA) is 70.2 Å². The molecule has 1 atom stereocenters. The minimum Gasteiger partial charge on any atom is -0.497 e. The number of ether oxygens (including phenoxy) is 1. The maximum Gasteiger partial charge on any atom is 0.236 e. The second-order valence-corrected chi connectivity index (χ2v) is 9.90. The van der Waals surface area contributed by atoms with Gasteiger partial charge in [0.2, 0.25) is 5.91 Å². The summed E-state index contributed by atoms with van der Waals surface area (Å²) in [6.07, 6.45) is 6.00. The van der Waals surface area contributed by atoms with Gasteiger partial charge in [-0.3, -0.25) is 14.6 Å². The molecular formula is C21H29N3O4S. The van der Waals surface area contributed by atoms with E-state index in [4.69, 9.17) is 11.2 Å². The molecule has 8 heteroatoms. The van der Waals surface area contributed by atoms with E-state index in [1.807, 2.05) is 21.9 Å².